The van der Waals surface area contributed by atoms with E-state index in [0.29, 0.717) is 36.3 Å². The Morgan fingerprint density at radius 3 is 2.53 bits per heavy atom. The molecule has 30 heavy (non-hydrogen) atoms. The van der Waals surface area contributed by atoms with Crippen LogP contribution in [0.5, 0.6) is 17.4 Å². The van der Waals surface area contributed by atoms with E-state index in [9.17, 15) is 8.78 Å². The molecule has 0 fully saturated rings. The first kappa shape index (κ1) is 25.7. The maximum atomic E-state index is 12.8. The zero-order chi connectivity index (χ0) is 21.1. The summed E-state index contributed by atoms with van der Waals surface area (Å²) in [6.07, 6.45) is 2.52. The number of hydrogen-bond donors (Lipinski definition) is 2. The van der Waals surface area contributed by atoms with Gasteiger partial charge in [0.2, 0.25) is 5.88 Å². The second kappa shape index (κ2) is 13.8. The van der Waals surface area contributed by atoms with E-state index in [1.807, 2.05) is 13.0 Å². The highest BCUT2D eigenvalue weighted by molar-refractivity contribution is 14.0. The van der Waals surface area contributed by atoms with Crippen LogP contribution in [-0.4, -0.2) is 38.3 Å². The fourth-order valence-corrected chi connectivity index (χ4v) is 2.42. The molecule has 10 heteroatoms. The molecule has 0 aliphatic heterocycles. The maximum Gasteiger partial charge on any atom is 0.387 e. The van der Waals surface area contributed by atoms with Crippen LogP contribution in [0.2, 0.25) is 0 Å². The molecule has 2 rings (SSSR count). The van der Waals surface area contributed by atoms with Crippen molar-refractivity contribution in [3.8, 4) is 17.4 Å². The minimum Gasteiger partial charge on any atom is -0.493 e. The first-order valence-corrected chi connectivity index (χ1v) is 9.19. The number of guanidine groups is 1. The largest absolute Gasteiger partial charge is 0.493 e. The smallest absolute Gasteiger partial charge is 0.387 e. The minimum absolute atomic E-state index is 0. The van der Waals surface area contributed by atoms with Gasteiger partial charge < -0.3 is 24.8 Å². The van der Waals surface area contributed by atoms with Crippen LogP contribution in [0.3, 0.4) is 0 Å². The number of aromatic nitrogens is 1. The minimum atomic E-state index is -2.92. The van der Waals surface area contributed by atoms with E-state index in [4.69, 9.17) is 9.47 Å². The predicted molar refractivity (Wildman–Crippen MR) is 122 cm³/mol. The van der Waals surface area contributed by atoms with Crippen molar-refractivity contribution >= 4 is 29.9 Å². The highest BCUT2D eigenvalue weighted by Gasteiger charge is 2.12. The quantitative estimate of drug-likeness (QED) is 0.272. The van der Waals surface area contributed by atoms with Crippen LogP contribution in [0, 0.1) is 0 Å². The molecule has 0 unspecified atom stereocenters. The van der Waals surface area contributed by atoms with Crippen molar-refractivity contribution in [2.24, 2.45) is 4.99 Å². The lowest BCUT2D eigenvalue weighted by Gasteiger charge is -2.16. The Morgan fingerprint density at radius 1 is 1.17 bits per heavy atom. The summed E-state index contributed by atoms with van der Waals surface area (Å²) in [5, 5.41) is 6.22. The predicted octanol–water partition coefficient (Wildman–Crippen LogP) is 3.96. The molecule has 0 bridgehead atoms. The van der Waals surface area contributed by atoms with Gasteiger partial charge in [-0.3, -0.25) is 4.99 Å². The number of rotatable bonds is 10. The topological polar surface area (TPSA) is 77.0 Å². The first-order chi connectivity index (χ1) is 14.0. The molecule has 7 nitrogen and oxygen atoms in total. The number of methoxy groups -OCH3 is 1. The molecule has 0 radical (unpaired) electrons. The highest BCUT2D eigenvalue weighted by atomic mass is 127. The third-order valence-corrected chi connectivity index (χ3v) is 3.86. The molecule has 0 spiro atoms. The Balaban J connectivity index is 0.00000450. The van der Waals surface area contributed by atoms with Gasteiger partial charge in [-0.1, -0.05) is 13.0 Å². The van der Waals surface area contributed by atoms with Crippen LogP contribution < -0.4 is 24.8 Å². The van der Waals surface area contributed by atoms with Crippen LogP contribution in [0.1, 0.15) is 24.5 Å². The number of nitrogens with zero attached hydrogens (tertiary/aromatic N) is 2. The molecule has 2 N–H and O–H groups in total. The van der Waals surface area contributed by atoms with Crippen molar-refractivity contribution in [3.05, 3.63) is 47.7 Å². The summed E-state index contributed by atoms with van der Waals surface area (Å²) in [7, 11) is 3.18. The van der Waals surface area contributed by atoms with Crippen molar-refractivity contribution in [2.75, 3.05) is 20.8 Å². The van der Waals surface area contributed by atoms with Crippen molar-refractivity contribution < 1.29 is 23.0 Å². The maximum absolute atomic E-state index is 12.8. The van der Waals surface area contributed by atoms with E-state index in [-0.39, 0.29) is 36.3 Å². The summed E-state index contributed by atoms with van der Waals surface area (Å²) in [5.41, 5.74) is 1.50. The van der Waals surface area contributed by atoms with Crippen LogP contribution in [0.4, 0.5) is 8.78 Å². The van der Waals surface area contributed by atoms with E-state index < -0.39 is 6.61 Å². The Hall–Kier alpha value is -2.37. The number of aliphatic imine (C=N–C) groups is 1. The second-order valence-corrected chi connectivity index (χ2v) is 5.98. The van der Waals surface area contributed by atoms with Crippen LogP contribution >= 0.6 is 24.0 Å². The lowest BCUT2D eigenvalue weighted by molar-refractivity contribution is -0.0505. The first-order valence-electron chi connectivity index (χ1n) is 9.19. The van der Waals surface area contributed by atoms with E-state index in [2.05, 4.69) is 25.3 Å². The van der Waals surface area contributed by atoms with Gasteiger partial charge in [0.15, 0.2) is 5.96 Å². The third kappa shape index (κ3) is 8.56. The molecule has 0 aliphatic carbocycles. The number of alkyl halides is 2. The molecule has 0 saturated carbocycles. The SMILES string of the molecule is CCCOc1ccc(CNC(=NC)NCc2ccc(OC)nc2)c(OC(F)F)c1.I. The van der Waals surface area contributed by atoms with E-state index in [0.717, 1.165) is 12.0 Å². The molecular weight excluding hydrogens is 509 g/mol. The molecule has 166 valence electrons. The van der Waals surface area contributed by atoms with E-state index in [1.54, 1.807) is 38.6 Å². The Bertz CT molecular complexity index is 792. The van der Waals surface area contributed by atoms with Gasteiger partial charge in [0.1, 0.15) is 11.5 Å². The average molecular weight is 536 g/mol. The lowest BCUT2D eigenvalue weighted by Crippen LogP contribution is -2.36. The molecule has 1 aromatic carbocycles. The van der Waals surface area contributed by atoms with Crippen LogP contribution in [0.25, 0.3) is 0 Å². The molecule has 0 amide bonds. The summed E-state index contributed by atoms with van der Waals surface area (Å²) >= 11 is 0. The molecule has 2 aromatic rings. The molecular formula is C20H27F2IN4O3. The Labute approximate surface area is 192 Å². The van der Waals surface area contributed by atoms with Gasteiger partial charge in [0.05, 0.1) is 13.7 Å². The lowest BCUT2D eigenvalue weighted by atomic mass is 10.2. The van der Waals surface area contributed by atoms with Gasteiger partial charge in [-0.25, -0.2) is 4.98 Å². The molecule has 0 saturated heterocycles. The Kier molecular flexibility index (Phi) is 11.8. The molecule has 0 aliphatic rings. The van der Waals surface area contributed by atoms with Crippen LogP contribution in [-0.2, 0) is 13.1 Å². The average Bonchev–Trinajstić information content (AvgIpc) is 2.73. The number of nitrogens with one attached hydrogen (secondary N) is 2. The number of ether oxygens (including phenoxy) is 3. The van der Waals surface area contributed by atoms with Gasteiger partial charge in [0.25, 0.3) is 0 Å². The highest BCUT2D eigenvalue weighted by Crippen LogP contribution is 2.26. The van der Waals surface area contributed by atoms with Crippen molar-refractivity contribution in [2.45, 2.75) is 33.0 Å². The summed E-state index contributed by atoms with van der Waals surface area (Å²) in [5.74, 6) is 1.60. The van der Waals surface area contributed by atoms with Crippen molar-refractivity contribution in [1.29, 1.82) is 0 Å². The van der Waals surface area contributed by atoms with E-state index in [1.165, 1.54) is 6.07 Å². The summed E-state index contributed by atoms with van der Waals surface area (Å²) in [4.78, 5) is 8.28. The van der Waals surface area contributed by atoms with Gasteiger partial charge in [-0.15, -0.1) is 24.0 Å². The molecule has 1 heterocycles. The number of pyridine rings is 1. The fraction of sp³-hybridized carbons (Fsp3) is 0.400. The third-order valence-electron chi connectivity index (χ3n) is 3.86. The summed E-state index contributed by atoms with van der Waals surface area (Å²) < 4.78 is 40.7. The van der Waals surface area contributed by atoms with Crippen molar-refractivity contribution in [1.82, 2.24) is 15.6 Å². The summed E-state index contributed by atoms with van der Waals surface area (Å²) in [6.45, 7) is 0.283. The van der Waals surface area contributed by atoms with Gasteiger partial charge in [-0.2, -0.15) is 8.78 Å². The number of hydrogen-bond acceptors (Lipinski definition) is 5. The zero-order valence-electron chi connectivity index (χ0n) is 17.2. The standard InChI is InChI=1S/C20H26F2N4O3.HI/c1-4-9-28-16-7-6-15(17(10-16)29-19(21)22)13-26-20(23-2)25-12-14-5-8-18(27-3)24-11-14;/h5-8,10-11,19H,4,9,12-13H2,1-3H3,(H2,23,25,26);1H. The summed E-state index contributed by atoms with van der Waals surface area (Å²) in [6, 6.07) is 8.54. The molecule has 0 atom stereocenters. The Morgan fingerprint density at radius 2 is 1.93 bits per heavy atom. The van der Waals surface area contributed by atoms with Crippen molar-refractivity contribution in [3.63, 3.8) is 0 Å². The number of benzene rings is 1. The normalized spacial score (nSPS) is 10.9. The van der Waals surface area contributed by atoms with E-state index >= 15 is 0 Å². The number of halogens is 3. The van der Waals surface area contributed by atoms with Gasteiger partial charge in [-0.05, 0) is 24.1 Å². The second-order valence-electron chi connectivity index (χ2n) is 5.98. The fourth-order valence-electron chi connectivity index (χ4n) is 2.42. The zero-order valence-corrected chi connectivity index (χ0v) is 19.5. The van der Waals surface area contributed by atoms with Crippen LogP contribution in [0.15, 0.2) is 41.5 Å². The van der Waals surface area contributed by atoms with Gasteiger partial charge in [0, 0.05) is 44.0 Å². The van der Waals surface area contributed by atoms with Gasteiger partial charge >= 0.3 is 6.61 Å². The monoisotopic (exact) mass is 536 g/mol. The molecule has 1 aromatic heterocycles.